The molecule has 0 unspecified atom stereocenters. The van der Waals surface area contributed by atoms with Crippen LogP contribution in [0, 0.1) is 11.8 Å². The van der Waals surface area contributed by atoms with Gasteiger partial charge in [0.2, 0.25) is 5.95 Å². The highest BCUT2D eigenvalue weighted by Gasteiger charge is 2.15. The predicted molar refractivity (Wildman–Crippen MR) is 65.7 cm³/mol. The molecule has 0 spiro atoms. The lowest BCUT2D eigenvalue weighted by Gasteiger charge is -2.06. The van der Waals surface area contributed by atoms with Crippen molar-refractivity contribution in [2.24, 2.45) is 0 Å². The van der Waals surface area contributed by atoms with E-state index >= 15 is 0 Å². The summed E-state index contributed by atoms with van der Waals surface area (Å²) in [6.45, 7) is 0.332. The molecule has 0 aliphatic carbocycles. The van der Waals surface area contributed by atoms with Crippen LogP contribution in [0.1, 0.15) is 20.8 Å². The van der Waals surface area contributed by atoms with Crippen LogP contribution in [0.25, 0.3) is 0 Å². The summed E-state index contributed by atoms with van der Waals surface area (Å²) in [5.41, 5.74) is -0.567. The Kier molecular flexibility index (Phi) is 4.21. The molecule has 0 saturated heterocycles. The maximum Gasteiger partial charge on any atom is 0.356 e. The smallest absolute Gasteiger partial charge is 0.356 e. The average Bonchev–Trinajstić information content (AvgIpc) is 2.91. The molecular formula is C12H10F2N4O3. The fourth-order valence-electron chi connectivity index (χ4n) is 1.58. The van der Waals surface area contributed by atoms with E-state index in [2.05, 4.69) is 15.3 Å². The van der Waals surface area contributed by atoms with Crippen LogP contribution in [-0.2, 0) is 6.54 Å². The second-order valence-electron chi connectivity index (χ2n) is 4.02. The quantitative estimate of drug-likeness (QED) is 0.791. The molecule has 9 heteroatoms. The summed E-state index contributed by atoms with van der Waals surface area (Å²) in [6.07, 6.45) is 3.58. The summed E-state index contributed by atoms with van der Waals surface area (Å²) < 4.78 is 27.6. The Morgan fingerprint density at radius 1 is 1.33 bits per heavy atom. The number of carboxylic acids is 1. The van der Waals surface area contributed by atoms with Crippen LogP contribution in [0.2, 0.25) is 0 Å². The van der Waals surface area contributed by atoms with Gasteiger partial charge in [-0.05, 0) is 6.07 Å². The zero-order valence-corrected chi connectivity index (χ0v) is 10.6. The normalized spacial score (nSPS) is 10.4. The molecule has 0 saturated carbocycles. The molecule has 2 rings (SSSR count). The Labute approximate surface area is 117 Å². The van der Waals surface area contributed by atoms with Crippen molar-refractivity contribution in [3.8, 4) is 0 Å². The molecule has 0 bridgehead atoms. The number of aromatic carboxylic acids is 1. The minimum atomic E-state index is -1.34. The van der Waals surface area contributed by atoms with Gasteiger partial charge in [-0.1, -0.05) is 0 Å². The second kappa shape index (κ2) is 6.07. The SMILES string of the molecule is O=C(O)c1cn(CCNC(=O)c2ccnc(F)c2F)cn1. The van der Waals surface area contributed by atoms with Gasteiger partial charge in [0.25, 0.3) is 5.91 Å². The summed E-state index contributed by atoms with van der Waals surface area (Å²) in [5, 5.41) is 11.1. The lowest BCUT2D eigenvalue weighted by molar-refractivity contribution is 0.0690. The Morgan fingerprint density at radius 2 is 2.10 bits per heavy atom. The summed E-state index contributed by atoms with van der Waals surface area (Å²) >= 11 is 0. The average molecular weight is 296 g/mol. The van der Waals surface area contributed by atoms with Crippen molar-refractivity contribution < 1.29 is 23.5 Å². The summed E-state index contributed by atoms with van der Waals surface area (Å²) in [5.74, 6) is -4.60. The first kappa shape index (κ1) is 14.6. The highest BCUT2D eigenvalue weighted by molar-refractivity contribution is 5.94. The van der Waals surface area contributed by atoms with Crippen LogP contribution in [-0.4, -0.2) is 38.1 Å². The van der Waals surface area contributed by atoms with Crippen molar-refractivity contribution in [3.05, 3.63) is 47.8 Å². The molecule has 2 N–H and O–H groups in total. The van der Waals surface area contributed by atoms with Gasteiger partial charge in [-0.25, -0.2) is 19.2 Å². The molecule has 0 aliphatic rings. The first-order valence-corrected chi connectivity index (χ1v) is 5.82. The maximum absolute atomic E-state index is 13.3. The van der Waals surface area contributed by atoms with Crippen molar-refractivity contribution in [1.29, 1.82) is 0 Å². The zero-order valence-electron chi connectivity index (χ0n) is 10.6. The minimum absolute atomic E-state index is 0.0949. The predicted octanol–water partition coefficient (Wildman–Crippen LogP) is 0.684. The third kappa shape index (κ3) is 3.38. The van der Waals surface area contributed by atoms with E-state index in [1.807, 2.05) is 0 Å². The summed E-state index contributed by atoms with van der Waals surface area (Å²) in [6, 6.07) is 1.06. The highest BCUT2D eigenvalue weighted by atomic mass is 19.2. The Morgan fingerprint density at radius 3 is 2.76 bits per heavy atom. The number of nitrogens with zero attached hydrogens (tertiary/aromatic N) is 3. The second-order valence-corrected chi connectivity index (χ2v) is 4.02. The number of carbonyl (C=O) groups excluding carboxylic acids is 1. The number of imidazole rings is 1. The standard InChI is InChI=1S/C12H10F2N4O3/c13-9-7(1-2-15-10(9)14)11(19)16-3-4-18-5-8(12(20)21)17-6-18/h1-2,5-6H,3-4H2,(H,16,19)(H,20,21). The maximum atomic E-state index is 13.3. The number of amides is 1. The van der Waals surface area contributed by atoms with Gasteiger partial charge >= 0.3 is 5.97 Å². The van der Waals surface area contributed by atoms with Gasteiger partial charge in [0.15, 0.2) is 11.5 Å². The largest absolute Gasteiger partial charge is 0.476 e. The molecule has 0 aromatic carbocycles. The van der Waals surface area contributed by atoms with E-state index in [9.17, 15) is 18.4 Å². The van der Waals surface area contributed by atoms with E-state index in [0.717, 1.165) is 12.3 Å². The van der Waals surface area contributed by atoms with Gasteiger partial charge in [0, 0.05) is 25.5 Å². The van der Waals surface area contributed by atoms with Crippen LogP contribution < -0.4 is 5.32 Å². The fourth-order valence-corrected chi connectivity index (χ4v) is 1.58. The molecule has 110 valence electrons. The van der Waals surface area contributed by atoms with Gasteiger partial charge in [0.1, 0.15) is 0 Å². The number of hydrogen-bond donors (Lipinski definition) is 2. The van der Waals surface area contributed by atoms with Crippen LogP contribution in [0.3, 0.4) is 0 Å². The third-order valence-electron chi connectivity index (χ3n) is 2.60. The van der Waals surface area contributed by atoms with Gasteiger partial charge in [-0.3, -0.25) is 4.79 Å². The highest BCUT2D eigenvalue weighted by Crippen LogP contribution is 2.08. The number of nitrogens with one attached hydrogen (secondary N) is 1. The fraction of sp³-hybridized carbons (Fsp3) is 0.167. The molecule has 2 aromatic rings. The molecular weight excluding hydrogens is 286 g/mol. The van der Waals surface area contributed by atoms with E-state index in [-0.39, 0.29) is 18.8 Å². The van der Waals surface area contributed by atoms with Gasteiger partial charge < -0.3 is 15.0 Å². The van der Waals surface area contributed by atoms with Crippen molar-refractivity contribution in [2.75, 3.05) is 6.54 Å². The van der Waals surface area contributed by atoms with Crippen LogP contribution in [0.4, 0.5) is 8.78 Å². The van der Waals surface area contributed by atoms with Crippen molar-refractivity contribution in [2.45, 2.75) is 6.54 Å². The number of pyridine rings is 1. The molecule has 2 aromatic heterocycles. The third-order valence-corrected chi connectivity index (χ3v) is 2.60. The zero-order chi connectivity index (χ0) is 15.4. The number of halogens is 2. The van der Waals surface area contributed by atoms with Crippen molar-refractivity contribution in [1.82, 2.24) is 19.9 Å². The van der Waals surface area contributed by atoms with Crippen molar-refractivity contribution in [3.63, 3.8) is 0 Å². The molecule has 0 fully saturated rings. The molecule has 2 heterocycles. The molecule has 1 amide bonds. The molecule has 7 nitrogen and oxygen atoms in total. The Bertz CT molecular complexity index is 687. The monoisotopic (exact) mass is 296 g/mol. The topological polar surface area (TPSA) is 97.1 Å². The molecule has 0 aliphatic heterocycles. The van der Waals surface area contributed by atoms with Crippen LogP contribution in [0.5, 0.6) is 0 Å². The first-order chi connectivity index (χ1) is 9.99. The summed E-state index contributed by atoms with van der Waals surface area (Å²) in [7, 11) is 0. The number of aromatic nitrogens is 3. The Balaban J connectivity index is 1.92. The minimum Gasteiger partial charge on any atom is -0.476 e. The number of carboxylic acid groups (broad SMARTS) is 1. The van der Waals surface area contributed by atoms with E-state index in [0.29, 0.717) is 0 Å². The molecule has 21 heavy (non-hydrogen) atoms. The lowest BCUT2D eigenvalue weighted by atomic mass is 10.2. The van der Waals surface area contributed by atoms with Crippen LogP contribution >= 0.6 is 0 Å². The summed E-state index contributed by atoms with van der Waals surface area (Å²) in [4.78, 5) is 29.0. The van der Waals surface area contributed by atoms with E-state index in [1.54, 1.807) is 0 Å². The van der Waals surface area contributed by atoms with E-state index in [1.165, 1.54) is 17.1 Å². The molecule has 0 atom stereocenters. The van der Waals surface area contributed by atoms with Crippen molar-refractivity contribution >= 4 is 11.9 Å². The van der Waals surface area contributed by atoms with E-state index in [4.69, 9.17) is 5.11 Å². The lowest BCUT2D eigenvalue weighted by Crippen LogP contribution is -2.28. The van der Waals surface area contributed by atoms with Gasteiger partial charge in [-0.15, -0.1) is 0 Å². The Hall–Kier alpha value is -2.84. The number of carbonyl (C=O) groups is 2. The number of rotatable bonds is 5. The number of hydrogen-bond acceptors (Lipinski definition) is 4. The van der Waals surface area contributed by atoms with Crippen LogP contribution in [0.15, 0.2) is 24.8 Å². The first-order valence-electron chi connectivity index (χ1n) is 5.82. The molecule has 0 radical (unpaired) electrons. The van der Waals surface area contributed by atoms with Gasteiger partial charge in [0.05, 0.1) is 11.9 Å². The van der Waals surface area contributed by atoms with Gasteiger partial charge in [-0.2, -0.15) is 4.39 Å². The van der Waals surface area contributed by atoms with E-state index < -0.39 is 29.2 Å².